The second-order valence-electron chi connectivity index (χ2n) is 6.11. The summed E-state index contributed by atoms with van der Waals surface area (Å²) < 4.78 is 0. The number of hydrogen-bond donors (Lipinski definition) is 0. The van der Waals surface area contributed by atoms with E-state index in [0.29, 0.717) is 12.8 Å². The number of amides is 1. The van der Waals surface area contributed by atoms with Gasteiger partial charge in [-0.15, -0.1) is 0 Å². The molecule has 19 heavy (non-hydrogen) atoms. The number of ketones is 1. The number of Topliss-reactive ketones (excluding diaryl/α,β-unsaturated/α-hetero) is 1. The van der Waals surface area contributed by atoms with Crippen LogP contribution in [-0.2, 0) is 15.0 Å². The fraction of sp³-hybridized carbons (Fsp3) is 0.500. The summed E-state index contributed by atoms with van der Waals surface area (Å²) in [6.45, 7) is 3.94. The molecule has 1 aromatic carbocycles. The molecule has 1 heterocycles. The van der Waals surface area contributed by atoms with Crippen LogP contribution in [0.15, 0.2) is 24.3 Å². The van der Waals surface area contributed by atoms with Crippen LogP contribution in [0.3, 0.4) is 0 Å². The minimum atomic E-state index is -0.475. The van der Waals surface area contributed by atoms with Gasteiger partial charge >= 0.3 is 0 Å². The Morgan fingerprint density at radius 1 is 1.21 bits per heavy atom. The normalized spacial score (nSPS) is 25.6. The van der Waals surface area contributed by atoms with Crippen molar-refractivity contribution >= 4 is 17.4 Å². The third kappa shape index (κ3) is 1.79. The Morgan fingerprint density at radius 3 is 2.68 bits per heavy atom. The molecule has 3 heteroatoms. The van der Waals surface area contributed by atoms with E-state index in [9.17, 15) is 9.59 Å². The van der Waals surface area contributed by atoms with Gasteiger partial charge in [-0.05, 0) is 38.3 Å². The number of nitrogens with zero attached hydrogens (tertiary/aromatic N) is 1. The molecule has 1 atom stereocenters. The highest BCUT2D eigenvalue weighted by molar-refractivity contribution is 6.08. The van der Waals surface area contributed by atoms with Crippen molar-refractivity contribution in [1.82, 2.24) is 0 Å². The van der Waals surface area contributed by atoms with Crippen LogP contribution in [0.5, 0.6) is 0 Å². The molecule has 1 aliphatic heterocycles. The fourth-order valence-electron chi connectivity index (χ4n) is 3.32. The predicted octanol–water partition coefficient (Wildman–Crippen LogP) is 2.82. The van der Waals surface area contributed by atoms with Crippen LogP contribution in [0.1, 0.15) is 45.1 Å². The van der Waals surface area contributed by atoms with Crippen molar-refractivity contribution in [2.75, 3.05) is 4.90 Å². The molecule has 3 nitrogen and oxygen atoms in total. The van der Waals surface area contributed by atoms with Crippen molar-refractivity contribution in [2.45, 2.75) is 51.0 Å². The minimum Gasteiger partial charge on any atom is -0.308 e. The quantitative estimate of drug-likeness (QED) is 0.775. The lowest BCUT2D eigenvalue weighted by atomic mass is 9.86. The van der Waals surface area contributed by atoms with Gasteiger partial charge < -0.3 is 4.90 Å². The van der Waals surface area contributed by atoms with Crippen LogP contribution in [-0.4, -0.2) is 17.7 Å². The largest absolute Gasteiger partial charge is 0.308 e. The van der Waals surface area contributed by atoms with Crippen molar-refractivity contribution in [3.63, 3.8) is 0 Å². The van der Waals surface area contributed by atoms with E-state index in [-0.39, 0.29) is 17.7 Å². The Morgan fingerprint density at radius 2 is 1.95 bits per heavy atom. The first-order valence-electron chi connectivity index (χ1n) is 6.96. The number of fused-ring (bicyclic) bond motifs is 1. The number of hydrogen-bond acceptors (Lipinski definition) is 2. The maximum Gasteiger partial charge on any atom is 0.237 e. The fourth-order valence-corrected chi connectivity index (χ4v) is 3.32. The Labute approximate surface area is 113 Å². The average molecular weight is 257 g/mol. The van der Waals surface area contributed by atoms with E-state index in [4.69, 9.17) is 0 Å². The summed E-state index contributed by atoms with van der Waals surface area (Å²) >= 11 is 0. The Balaban J connectivity index is 2.03. The van der Waals surface area contributed by atoms with Gasteiger partial charge in [0.1, 0.15) is 5.78 Å². The lowest BCUT2D eigenvalue weighted by Gasteiger charge is -2.32. The van der Waals surface area contributed by atoms with E-state index in [1.165, 1.54) is 0 Å². The van der Waals surface area contributed by atoms with Crippen LogP contribution in [0.2, 0.25) is 0 Å². The van der Waals surface area contributed by atoms with Gasteiger partial charge in [0.05, 0.1) is 5.41 Å². The standard InChI is InChI=1S/C16H19NO2/c1-16(2)13-8-3-4-9-14(13)17(15(16)19)11-6-5-7-12(18)10-11/h3-4,8-9,11H,5-7,10H2,1-2H3. The van der Waals surface area contributed by atoms with Crippen molar-refractivity contribution < 1.29 is 9.59 Å². The summed E-state index contributed by atoms with van der Waals surface area (Å²) in [4.78, 5) is 26.3. The molecular formula is C16H19NO2. The van der Waals surface area contributed by atoms with E-state index in [0.717, 1.165) is 24.1 Å². The first-order valence-corrected chi connectivity index (χ1v) is 6.96. The lowest BCUT2D eigenvalue weighted by molar-refractivity contribution is -0.123. The summed E-state index contributed by atoms with van der Waals surface area (Å²) in [6.07, 6.45) is 3.01. The Kier molecular flexibility index (Phi) is 2.73. The molecule has 1 saturated carbocycles. The average Bonchev–Trinajstić information content (AvgIpc) is 2.58. The third-order valence-corrected chi connectivity index (χ3v) is 4.41. The van der Waals surface area contributed by atoms with Gasteiger partial charge in [-0.1, -0.05) is 18.2 Å². The number of rotatable bonds is 1. The van der Waals surface area contributed by atoms with Crippen molar-refractivity contribution in [3.8, 4) is 0 Å². The topological polar surface area (TPSA) is 37.4 Å². The monoisotopic (exact) mass is 257 g/mol. The van der Waals surface area contributed by atoms with Gasteiger partial charge in [0.15, 0.2) is 0 Å². The van der Waals surface area contributed by atoms with E-state index >= 15 is 0 Å². The molecule has 0 saturated heterocycles. The van der Waals surface area contributed by atoms with Crippen molar-refractivity contribution in [1.29, 1.82) is 0 Å². The molecule has 0 bridgehead atoms. The van der Waals surface area contributed by atoms with E-state index < -0.39 is 5.41 Å². The summed E-state index contributed by atoms with van der Waals surface area (Å²) in [7, 11) is 0. The van der Waals surface area contributed by atoms with Crippen LogP contribution in [0, 0.1) is 0 Å². The maximum absolute atomic E-state index is 12.7. The second-order valence-corrected chi connectivity index (χ2v) is 6.11. The summed E-state index contributed by atoms with van der Waals surface area (Å²) in [6, 6.07) is 8.02. The highest BCUT2D eigenvalue weighted by atomic mass is 16.2. The van der Waals surface area contributed by atoms with Gasteiger partial charge in [0.2, 0.25) is 5.91 Å². The van der Waals surface area contributed by atoms with E-state index in [1.807, 2.05) is 43.0 Å². The third-order valence-electron chi connectivity index (χ3n) is 4.41. The van der Waals surface area contributed by atoms with Gasteiger partial charge in [-0.25, -0.2) is 0 Å². The highest BCUT2D eigenvalue weighted by Gasteiger charge is 2.46. The number of carbonyl (C=O) groups excluding carboxylic acids is 2. The molecule has 1 aliphatic carbocycles. The molecule has 0 radical (unpaired) electrons. The number of anilines is 1. The number of carbonyl (C=O) groups is 2. The van der Waals surface area contributed by atoms with Crippen molar-refractivity contribution in [2.24, 2.45) is 0 Å². The maximum atomic E-state index is 12.7. The molecule has 1 aromatic rings. The summed E-state index contributed by atoms with van der Waals surface area (Å²) in [5.41, 5.74) is 1.60. The SMILES string of the molecule is CC1(C)C(=O)N(C2CCCC(=O)C2)c2ccccc21. The van der Waals surface area contributed by atoms with Gasteiger partial charge in [0, 0.05) is 24.6 Å². The van der Waals surface area contributed by atoms with Crippen molar-refractivity contribution in [3.05, 3.63) is 29.8 Å². The first-order chi connectivity index (χ1) is 9.01. The summed E-state index contributed by atoms with van der Waals surface area (Å²) in [5, 5.41) is 0. The molecule has 1 amide bonds. The minimum absolute atomic E-state index is 0.0525. The molecule has 0 N–H and O–H groups in total. The predicted molar refractivity (Wildman–Crippen MR) is 74.2 cm³/mol. The van der Waals surface area contributed by atoms with E-state index in [2.05, 4.69) is 0 Å². The molecule has 1 fully saturated rings. The zero-order chi connectivity index (χ0) is 13.6. The number of benzene rings is 1. The van der Waals surface area contributed by atoms with Gasteiger partial charge in [0.25, 0.3) is 0 Å². The molecule has 0 aromatic heterocycles. The van der Waals surface area contributed by atoms with E-state index in [1.54, 1.807) is 0 Å². The molecule has 0 spiro atoms. The zero-order valence-corrected chi connectivity index (χ0v) is 11.5. The summed E-state index contributed by atoms with van der Waals surface area (Å²) in [5.74, 6) is 0.416. The van der Waals surface area contributed by atoms with Gasteiger partial charge in [-0.3, -0.25) is 9.59 Å². The molecular weight excluding hydrogens is 238 g/mol. The highest BCUT2D eigenvalue weighted by Crippen LogP contribution is 2.43. The first kappa shape index (κ1) is 12.4. The molecule has 1 unspecified atom stereocenters. The molecule has 2 aliphatic rings. The Hall–Kier alpha value is -1.64. The zero-order valence-electron chi connectivity index (χ0n) is 11.5. The van der Waals surface area contributed by atoms with Crippen LogP contribution in [0.25, 0.3) is 0 Å². The molecule has 3 rings (SSSR count). The number of para-hydroxylation sites is 1. The van der Waals surface area contributed by atoms with Gasteiger partial charge in [-0.2, -0.15) is 0 Å². The van der Waals surface area contributed by atoms with Crippen LogP contribution >= 0.6 is 0 Å². The Bertz CT molecular complexity index is 547. The lowest BCUT2D eigenvalue weighted by Crippen LogP contribution is -2.45. The second kappa shape index (κ2) is 4.19. The van der Waals surface area contributed by atoms with Crippen LogP contribution < -0.4 is 4.90 Å². The smallest absolute Gasteiger partial charge is 0.237 e. The van der Waals surface area contributed by atoms with Crippen LogP contribution in [0.4, 0.5) is 5.69 Å². The molecule has 100 valence electrons.